The van der Waals surface area contributed by atoms with Gasteiger partial charge < -0.3 is 0 Å². The largest absolute Gasteiger partial charge is 0.297 e. The fourth-order valence-corrected chi connectivity index (χ4v) is 3.95. The molecule has 0 atom stereocenters. The molecular weight excluding hydrogens is 264 g/mol. The number of aromatic nitrogens is 1. The smallest absolute Gasteiger partial charge is 0.267 e. The van der Waals surface area contributed by atoms with Crippen LogP contribution >= 0.6 is 22.7 Å². The Kier molecular flexibility index (Phi) is 3.18. The van der Waals surface area contributed by atoms with E-state index in [4.69, 9.17) is 0 Å². The zero-order valence-electron chi connectivity index (χ0n) is 10.2. The highest BCUT2D eigenvalue weighted by molar-refractivity contribution is 7.16. The standard InChI is InChI=1S/C13H14N2OS2/c1-8-6-11(17-7-8)12(16)15-13-14-9-4-2-3-5-10(9)18-13/h6-7H,2-5H2,1H3,(H,14,15,16). The number of carbonyl (C=O) groups excluding carboxylic acids is 1. The van der Waals surface area contributed by atoms with Gasteiger partial charge in [0.15, 0.2) is 5.13 Å². The van der Waals surface area contributed by atoms with Crippen molar-refractivity contribution < 1.29 is 4.79 Å². The SMILES string of the molecule is Cc1csc(C(=O)Nc2nc3c(s2)CCCC3)c1. The third kappa shape index (κ3) is 2.33. The number of amides is 1. The molecule has 2 heterocycles. The normalized spacial score (nSPS) is 14.3. The van der Waals surface area contributed by atoms with Crippen molar-refractivity contribution in [1.82, 2.24) is 4.98 Å². The first kappa shape index (κ1) is 11.9. The fourth-order valence-electron chi connectivity index (χ4n) is 2.11. The summed E-state index contributed by atoms with van der Waals surface area (Å²) in [7, 11) is 0. The molecule has 94 valence electrons. The van der Waals surface area contributed by atoms with Gasteiger partial charge in [-0.25, -0.2) is 4.98 Å². The zero-order valence-corrected chi connectivity index (χ0v) is 11.8. The van der Waals surface area contributed by atoms with Gasteiger partial charge in [0.1, 0.15) is 0 Å². The summed E-state index contributed by atoms with van der Waals surface area (Å²) in [6, 6.07) is 1.91. The number of rotatable bonds is 2. The Morgan fingerprint density at radius 2 is 2.22 bits per heavy atom. The van der Waals surface area contributed by atoms with Crippen LogP contribution in [0.15, 0.2) is 11.4 Å². The molecule has 1 aliphatic carbocycles. The fraction of sp³-hybridized carbons (Fsp3) is 0.385. The molecule has 5 heteroatoms. The monoisotopic (exact) mass is 278 g/mol. The second-order valence-electron chi connectivity index (χ2n) is 4.54. The van der Waals surface area contributed by atoms with E-state index in [1.54, 1.807) is 11.3 Å². The summed E-state index contributed by atoms with van der Waals surface area (Å²) in [5.74, 6) is -0.0424. The van der Waals surface area contributed by atoms with E-state index in [2.05, 4.69) is 10.3 Å². The van der Waals surface area contributed by atoms with Gasteiger partial charge >= 0.3 is 0 Å². The summed E-state index contributed by atoms with van der Waals surface area (Å²) in [5, 5.41) is 5.64. The number of hydrogen-bond acceptors (Lipinski definition) is 4. The Morgan fingerprint density at radius 1 is 1.39 bits per heavy atom. The van der Waals surface area contributed by atoms with Crippen LogP contribution in [0, 0.1) is 6.92 Å². The van der Waals surface area contributed by atoms with Crippen molar-refractivity contribution in [1.29, 1.82) is 0 Å². The zero-order chi connectivity index (χ0) is 12.5. The number of thiazole rings is 1. The van der Waals surface area contributed by atoms with E-state index < -0.39 is 0 Å². The molecule has 0 fully saturated rings. The van der Waals surface area contributed by atoms with E-state index in [0.29, 0.717) is 0 Å². The highest BCUT2D eigenvalue weighted by atomic mass is 32.1. The van der Waals surface area contributed by atoms with Crippen molar-refractivity contribution in [2.24, 2.45) is 0 Å². The van der Waals surface area contributed by atoms with Crippen molar-refractivity contribution >= 4 is 33.7 Å². The van der Waals surface area contributed by atoms with Crippen molar-refractivity contribution in [3.8, 4) is 0 Å². The van der Waals surface area contributed by atoms with Gasteiger partial charge in [-0.3, -0.25) is 10.1 Å². The highest BCUT2D eigenvalue weighted by Gasteiger charge is 2.17. The minimum absolute atomic E-state index is 0.0424. The molecule has 1 aliphatic rings. The maximum atomic E-state index is 12.0. The van der Waals surface area contributed by atoms with E-state index in [1.165, 1.54) is 34.7 Å². The maximum Gasteiger partial charge on any atom is 0.267 e. The molecule has 0 radical (unpaired) electrons. The molecule has 2 aromatic heterocycles. The maximum absolute atomic E-state index is 12.0. The molecule has 3 nitrogen and oxygen atoms in total. The van der Waals surface area contributed by atoms with Gasteiger partial charge in [-0.1, -0.05) is 0 Å². The first-order chi connectivity index (χ1) is 8.72. The molecule has 0 saturated heterocycles. The molecule has 0 bridgehead atoms. The van der Waals surface area contributed by atoms with Gasteiger partial charge in [-0.05, 0) is 49.6 Å². The van der Waals surface area contributed by atoms with Crippen LogP contribution in [-0.4, -0.2) is 10.9 Å². The Balaban J connectivity index is 1.76. The van der Waals surface area contributed by atoms with Crippen molar-refractivity contribution in [3.05, 3.63) is 32.5 Å². The number of thiophene rings is 1. The van der Waals surface area contributed by atoms with Crippen LogP contribution in [-0.2, 0) is 12.8 Å². The number of carbonyl (C=O) groups is 1. The minimum atomic E-state index is -0.0424. The van der Waals surface area contributed by atoms with Crippen molar-refractivity contribution in [2.45, 2.75) is 32.6 Å². The summed E-state index contributed by atoms with van der Waals surface area (Å²) in [6.45, 7) is 2.00. The lowest BCUT2D eigenvalue weighted by Crippen LogP contribution is -2.09. The van der Waals surface area contributed by atoms with Gasteiger partial charge in [-0.2, -0.15) is 0 Å². The molecule has 2 aromatic rings. The molecule has 0 unspecified atom stereocenters. The average molecular weight is 278 g/mol. The number of nitrogens with one attached hydrogen (secondary N) is 1. The van der Waals surface area contributed by atoms with Crippen LogP contribution in [0.25, 0.3) is 0 Å². The van der Waals surface area contributed by atoms with Crippen LogP contribution in [0.3, 0.4) is 0 Å². The van der Waals surface area contributed by atoms with E-state index in [-0.39, 0.29) is 5.91 Å². The first-order valence-corrected chi connectivity index (χ1v) is 7.77. The van der Waals surface area contributed by atoms with E-state index in [0.717, 1.165) is 28.4 Å². The lowest BCUT2D eigenvalue weighted by atomic mass is 10.0. The summed E-state index contributed by atoms with van der Waals surface area (Å²) < 4.78 is 0. The molecule has 0 spiro atoms. The van der Waals surface area contributed by atoms with E-state index in [9.17, 15) is 4.79 Å². The molecule has 0 aliphatic heterocycles. The summed E-state index contributed by atoms with van der Waals surface area (Å²) >= 11 is 3.10. The first-order valence-electron chi connectivity index (χ1n) is 6.07. The lowest BCUT2D eigenvalue weighted by molar-refractivity contribution is 0.103. The predicted molar refractivity (Wildman–Crippen MR) is 75.8 cm³/mol. The molecule has 0 saturated carbocycles. The summed E-state index contributed by atoms with van der Waals surface area (Å²) in [6.07, 6.45) is 4.63. The average Bonchev–Trinajstić information content (AvgIpc) is 2.94. The Morgan fingerprint density at radius 3 is 2.94 bits per heavy atom. The van der Waals surface area contributed by atoms with Gasteiger partial charge in [0, 0.05) is 4.88 Å². The van der Waals surface area contributed by atoms with Gasteiger partial charge in [0.25, 0.3) is 5.91 Å². The van der Waals surface area contributed by atoms with Gasteiger partial charge in [-0.15, -0.1) is 22.7 Å². The Hall–Kier alpha value is -1.20. The number of hydrogen-bond donors (Lipinski definition) is 1. The molecular formula is C13H14N2OS2. The van der Waals surface area contributed by atoms with Crippen LogP contribution in [0.4, 0.5) is 5.13 Å². The number of aryl methyl sites for hydroxylation is 3. The molecule has 18 heavy (non-hydrogen) atoms. The van der Waals surface area contributed by atoms with Crippen LogP contribution < -0.4 is 5.32 Å². The number of fused-ring (bicyclic) bond motifs is 1. The highest BCUT2D eigenvalue weighted by Crippen LogP contribution is 2.30. The van der Waals surface area contributed by atoms with E-state index in [1.807, 2.05) is 18.4 Å². The van der Waals surface area contributed by atoms with Gasteiger partial charge in [0.2, 0.25) is 0 Å². The Labute approximate surface area is 114 Å². The topological polar surface area (TPSA) is 42.0 Å². The Bertz CT molecular complexity index is 562. The van der Waals surface area contributed by atoms with Crippen molar-refractivity contribution in [2.75, 3.05) is 5.32 Å². The summed E-state index contributed by atoms with van der Waals surface area (Å²) in [5.41, 5.74) is 2.31. The minimum Gasteiger partial charge on any atom is -0.297 e. The van der Waals surface area contributed by atoms with E-state index >= 15 is 0 Å². The quantitative estimate of drug-likeness (QED) is 0.911. The third-order valence-electron chi connectivity index (χ3n) is 3.02. The number of nitrogens with zero attached hydrogens (tertiary/aromatic N) is 1. The predicted octanol–water partition coefficient (Wildman–Crippen LogP) is 3.64. The lowest BCUT2D eigenvalue weighted by Gasteiger charge is -2.06. The summed E-state index contributed by atoms with van der Waals surface area (Å²) in [4.78, 5) is 18.6. The molecule has 3 rings (SSSR count). The van der Waals surface area contributed by atoms with Crippen LogP contribution in [0.1, 0.15) is 38.6 Å². The second kappa shape index (κ2) is 4.82. The molecule has 0 aromatic carbocycles. The number of anilines is 1. The molecule has 1 amide bonds. The van der Waals surface area contributed by atoms with Crippen LogP contribution in [0.2, 0.25) is 0 Å². The van der Waals surface area contributed by atoms with Crippen molar-refractivity contribution in [3.63, 3.8) is 0 Å². The van der Waals surface area contributed by atoms with Gasteiger partial charge in [0.05, 0.1) is 10.6 Å². The second-order valence-corrected chi connectivity index (χ2v) is 6.53. The molecule has 1 N–H and O–H groups in total. The van der Waals surface area contributed by atoms with Crippen LogP contribution in [0.5, 0.6) is 0 Å². The third-order valence-corrected chi connectivity index (χ3v) is 5.14.